The van der Waals surface area contributed by atoms with Crippen molar-refractivity contribution < 1.29 is 14.6 Å². The Labute approximate surface area is 102 Å². The number of benzene rings is 1. The molecule has 0 fully saturated rings. The maximum absolute atomic E-state index is 11.1. The molecular weight excluding hydrogens is 216 g/mol. The summed E-state index contributed by atoms with van der Waals surface area (Å²) in [6, 6.07) is 9.14. The van der Waals surface area contributed by atoms with Gasteiger partial charge in [-0.25, -0.2) is 0 Å². The molecule has 0 bridgehead atoms. The highest BCUT2D eigenvalue weighted by Crippen LogP contribution is 2.16. The van der Waals surface area contributed by atoms with E-state index in [9.17, 15) is 4.79 Å². The molecule has 1 atom stereocenters. The molecule has 1 N–H and O–H groups in total. The van der Waals surface area contributed by atoms with E-state index < -0.39 is 11.9 Å². The average molecular weight is 234 g/mol. The highest BCUT2D eigenvalue weighted by atomic mass is 16.5. The third-order valence-electron chi connectivity index (χ3n) is 2.46. The molecule has 1 aromatic carbocycles. The molecule has 0 heterocycles. The van der Waals surface area contributed by atoms with Gasteiger partial charge in [-0.05, 0) is 18.9 Å². The van der Waals surface area contributed by atoms with Gasteiger partial charge in [-0.3, -0.25) is 4.79 Å². The Bertz CT molecular complexity index is 370. The number of rotatable bonds is 7. The van der Waals surface area contributed by atoms with E-state index in [0.29, 0.717) is 6.61 Å². The summed E-state index contributed by atoms with van der Waals surface area (Å²) in [5.41, 5.74) is 1.81. The van der Waals surface area contributed by atoms with Crippen LogP contribution in [-0.2, 0) is 9.53 Å². The summed E-state index contributed by atoms with van der Waals surface area (Å²) in [5, 5.41) is 9.14. The second-order valence-electron chi connectivity index (χ2n) is 4.08. The van der Waals surface area contributed by atoms with Gasteiger partial charge in [-0.1, -0.05) is 35.9 Å². The lowest BCUT2D eigenvalue weighted by atomic mass is 10.0. The summed E-state index contributed by atoms with van der Waals surface area (Å²) < 4.78 is 5.38. The number of carboxylic acid groups (broad SMARTS) is 1. The van der Waals surface area contributed by atoms with Crippen LogP contribution in [0.2, 0.25) is 0 Å². The van der Waals surface area contributed by atoms with Gasteiger partial charge in [0, 0.05) is 0 Å². The quantitative estimate of drug-likeness (QED) is 0.583. The molecule has 0 radical (unpaired) electrons. The molecule has 0 aliphatic rings. The first-order valence-corrected chi connectivity index (χ1v) is 5.61. The normalized spacial score (nSPS) is 12.1. The minimum Gasteiger partial charge on any atom is -0.481 e. The third-order valence-corrected chi connectivity index (χ3v) is 2.46. The Hall–Kier alpha value is -1.61. The third kappa shape index (κ3) is 4.83. The van der Waals surface area contributed by atoms with Crippen molar-refractivity contribution in [1.82, 2.24) is 0 Å². The van der Waals surface area contributed by atoms with Gasteiger partial charge in [-0.15, -0.1) is 6.58 Å². The van der Waals surface area contributed by atoms with Crippen LogP contribution in [0.1, 0.15) is 24.8 Å². The maximum atomic E-state index is 11.1. The highest BCUT2D eigenvalue weighted by Gasteiger charge is 2.19. The van der Waals surface area contributed by atoms with Crippen LogP contribution >= 0.6 is 0 Å². The smallest absolute Gasteiger partial charge is 0.313 e. The van der Waals surface area contributed by atoms with E-state index in [2.05, 4.69) is 6.58 Å². The van der Waals surface area contributed by atoms with Gasteiger partial charge in [0.05, 0.1) is 13.2 Å². The van der Waals surface area contributed by atoms with Crippen molar-refractivity contribution in [2.45, 2.75) is 19.3 Å². The van der Waals surface area contributed by atoms with E-state index in [-0.39, 0.29) is 6.61 Å². The second kappa shape index (κ2) is 6.86. The zero-order valence-electron chi connectivity index (χ0n) is 10.1. The largest absolute Gasteiger partial charge is 0.481 e. The fourth-order valence-corrected chi connectivity index (χ4v) is 1.44. The predicted molar refractivity (Wildman–Crippen MR) is 67.1 cm³/mol. The topological polar surface area (TPSA) is 46.5 Å². The minimum absolute atomic E-state index is 0.201. The summed E-state index contributed by atoms with van der Waals surface area (Å²) in [7, 11) is 0. The van der Waals surface area contributed by atoms with Crippen LogP contribution in [-0.4, -0.2) is 24.3 Å². The van der Waals surface area contributed by atoms with Crippen molar-refractivity contribution in [2.24, 2.45) is 0 Å². The Balaban J connectivity index is 2.51. The van der Waals surface area contributed by atoms with Gasteiger partial charge in [0.2, 0.25) is 0 Å². The van der Waals surface area contributed by atoms with Crippen LogP contribution in [0.15, 0.2) is 42.5 Å². The highest BCUT2D eigenvalue weighted by molar-refractivity contribution is 5.76. The van der Waals surface area contributed by atoms with E-state index in [1.54, 1.807) is 12.1 Å². The van der Waals surface area contributed by atoms with Crippen molar-refractivity contribution in [3.63, 3.8) is 0 Å². The first kappa shape index (κ1) is 13.5. The van der Waals surface area contributed by atoms with Crippen molar-refractivity contribution in [3.05, 3.63) is 48.0 Å². The average Bonchev–Trinajstić information content (AvgIpc) is 2.29. The zero-order chi connectivity index (χ0) is 12.7. The second-order valence-corrected chi connectivity index (χ2v) is 4.08. The summed E-state index contributed by atoms with van der Waals surface area (Å²) in [4.78, 5) is 11.1. The monoisotopic (exact) mass is 234 g/mol. The maximum Gasteiger partial charge on any atom is 0.313 e. The van der Waals surface area contributed by atoms with Gasteiger partial charge in [-0.2, -0.15) is 0 Å². The molecule has 3 nitrogen and oxygen atoms in total. The SMILES string of the molecule is C=C(C)CCOCC(C(=O)O)c1ccccc1. The van der Waals surface area contributed by atoms with Crippen molar-refractivity contribution >= 4 is 5.97 Å². The molecule has 0 aliphatic heterocycles. The Morgan fingerprint density at radius 1 is 1.41 bits per heavy atom. The molecule has 0 spiro atoms. The first-order valence-electron chi connectivity index (χ1n) is 5.61. The van der Waals surface area contributed by atoms with Gasteiger partial charge >= 0.3 is 5.97 Å². The van der Waals surface area contributed by atoms with Crippen LogP contribution in [0.5, 0.6) is 0 Å². The minimum atomic E-state index is -0.855. The number of hydrogen-bond acceptors (Lipinski definition) is 2. The molecule has 3 heteroatoms. The molecule has 17 heavy (non-hydrogen) atoms. The molecule has 1 unspecified atom stereocenters. The van der Waals surface area contributed by atoms with Crippen molar-refractivity contribution in [3.8, 4) is 0 Å². The van der Waals surface area contributed by atoms with Gasteiger partial charge in [0.15, 0.2) is 0 Å². The molecule has 1 rings (SSSR count). The van der Waals surface area contributed by atoms with E-state index in [0.717, 1.165) is 17.6 Å². The van der Waals surface area contributed by atoms with E-state index in [4.69, 9.17) is 9.84 Å². The predicted octanol–water partition coefficient (Wildman–Crippen LogP) is 2.84. The van der Waals surface area contributed by atoms with Crippen LogP contribution in [0.3, 0.4) is 0 Å². The fourth-order valence-electron chi connectivity index (χ4n) is 1.44. The number of aliphatic carboxylic acids is 1. The first-order chi connectivity index (χ1) is 8.11. The Morgan fingerprint density at radius 3 is 2.59 bits per heavy atom. The molecule has 0 saturated heterocycles. The van der Waals surface area contributed by atoms with Gasteiger partial charge in [0.25, 0.3) is 0 Å². The Morgan fingerprint density at radius 2 is 2.06 bits per heavy atom. The molecule has 92 valence electrons. The summed E-state index contributed by atoms with van der Waals surface area (Å²) in [6.07, 6.45) is 0.765. The lowest BCUT2D eigenvalue weighted by Gasteiger charge is -2.13. The van der Waals surface area contributed by atoms with Crippen molar-refractivity contribution in [1.29, 1.82) is 0 Å². The van der Waals surface area contributed by atoms with Crippen molar-refractivity contribution in [2.75, 3.05) is 13.2 Å². The fraction of sp³-hybridized carbons (Fsp3) is 0.357. The number of carbonyl (C=O) groups is 1. The standard InChI is InChI=1S/C14H18O3/c1-11(2)8-9-17-10-13(14(15)16)12-6-4-3-5-7-12/h3-7,13H,1,8-10H2,2H3,(H,15,16). The molecule has 0 aromatic heterocycles. The lowest BCUT2D eigenvalue weighted by Crippen LogP contribution is -2.18. The Kier molecular flexibility index (Phi) is 5.43. The van der Waals surface area contributed by atoms with Crippen LogP contribution in [0.25, 0.3) is 0 Å². The van der Waals surface area contributed by atoms with Gasteiger partial charge < -0.3 is 9.84 Å². The summed E-state index contributed by atoms with van der Waals surface area (Å²) >= 11 is 0. The van der Waals surface area contributed by atoms with E-state index in [1.165, 1.54) is 0 Å². The van der Waals surface area contributed by atoms with Gasteiger partial charge in [0.1, 0.15) is 5.92 Å². The lowest BCUT2D eigenvalue weighted by molar-refractivity contribution is -0.140. The van der Waals surface area contributed by atoms with Crippen LogP contribution in [0, 0.1) is 0 Å². The summed E-state index contributed by atoms with van der Waals surface area (Å²) in [5.74, 6) is -1.45. The number of ether oxygens (including phenoxy) is 1. The summed E-state index contributed by atoms with van der Waals surface area (Å²) in [6.45, 7) is 6.42. The molecular formula is C14H18O3. The zero-order valence-corrected chi connectivity index (χ0v) is 10.1. The number of hydrogen-bond donors (Lipinski definition) is 1. The van der Waals surface area contributed by atoms with E-state index in [1.807, 2.05) is 25.1 Å². The molecule has 1 aromatic rings. The number of carboxylic acids is 1. The van der Waals surface area contributed by atoms with Crippen LogP contribution in [0.4, 0.5) is 0 Å². The molecule has 0 aliphatic carbocycles. The van der Waals surface area contributed by atoms with E-state index >= 15 is 0 Å². The van der Waals surface area contributed by atoms with Crippen LogP contribution < -0.4 is 0 Å². The molecule has 0 amide bonds. The molecule has 0 saturated carbocycles.